The van der Waals surface area contributed by atoms with Gasteiger partial charge in [0, 0.05) is 31.6 Å². The van der Waals surface area contributed by atoms with Crippen molar-refractivity contribution in [2.45, 2.75) is 32.1 Å². The number of benzene rings is 2. The maximum Gasteiger partial charge on any atom is 0.321 e. The van der Waals surface area contributed by atoms with Crippen LogP contribution < -0.4 is 5.32 Å². The predicted molar refractivity (Wildman–Crippen MR) is 106 cm³/mol. The molecule has 5 heteroatoms. The summed E-state index contributed by atoms with van der Waals surface area (Å²) in [6, 6.07) is 18.2. The maximum atomic E-state index is 12.6. The molecule has 3 rings (SSSR count). The fourth-order valence-electron chi connectivity index (χ4n) is 3.44. The number of anilines is 1. The number of hydrogen-bond donors (Lipinski definition) is 1. The smallest absolute Gasteiger partial charge is 0.321 e. The highest BCUT2D eigenvalue weighted by Gasteiger charge is 2.27. The SMILES string of the molecule is CC(=O)OCCCc1cccc(NC(=O)N2CCC(c3ccccc3)C2)c1. The van der Waals surface area contributed by atoms with Crippen LogP contribution in [0.3, 0.4) is 0 Å². The van der Waals surface area contributed by atoms with Gasteiger partial charge in [0.1, 0.15) is 0 Å². The molecule has 0 aliphatic carbocycles. The number of nitrogens with one attached hydrogen (secondary N) is 1. The topological polar surface area (TPSA) is 58.6 Å². The molecule has 0 bridgehead atoms. The summed E-state index contributed by atoms with van der Waals surface area (Å²) < 4.78 is 4.96. The lowest BCUT2D eigenvalue weighted by Crippen LogP contribution is -2.32. The van der Waals surface area contributed by atoms with Crippen LogP contribution in [0.4, 0.5) is 10.5 Å². The van der Waals surface area contributed by atoms with Crippen molar-refractivity contribution in [3.05, 3.63) is 65.7 Å². The Hall–Kier alpha value is -2.82. The molecule has 1 aliphatic rings. The summed E-state index contributed by atoms with van der Waals surface area (Å²) in [4.78, 5) is 25.3. The summed E-state index contributed by atoms with van der Waals surface area (Å²) in [6.45, 7) is 3.35. The number of aryl methyl sites for hydroxylation is 1. The van der Waals surface area contributed by atoms with Gasteiger partial charge >= 0.3 is 12.0 Å². The number of carbonyl (C=O) groups is 2. The molecular formula is C22H26N2O3. The Bertz CT molecular complexity index is 776. The molecule has 1 heterocycles. The van der Waals surface area contributed by atoms with Crippen LogP contribution in [-0.4, -0.2) is 36.6 Å². The fraction of sp³-hybridized carbons (Fsp3) is 0.364. The zero-order valence-corrected chi connectivity index (χ0v) is 15.7. The minimum atomic E-state index is -0.254. The van der Waals surface area contributed by atoms with E-state index in [0.29, 0.717) is 12.5 Å². The van der Waals surface area contributed by atoms with Crippen molar-refractivity contribution in [3.63, 3.8) is 0 Å². The molecule has 0 aromatic heterocycles. The van der Waals surface area contributed by atoms with Crippen molar-refractivity contribution in [3.8, 4) is 0 Å². The number of likely N-dealkylation sites (tertiary alicyclic amines) is 1. The van der Waals surface area contributed by atoms with Crippen LogP contribution in [0.5, 0.6) is 0 Å². The minimum absolute atomic E-state index is 0.0505. The van der Waals surface area contributed by atoms with E-state index in [1.807, 2.05) is 47.4 Å². The number of rotatable bonds is 6. The van der Waals surface area contributed by atoms with Crippen LogP contribution in [0, 0.1) is 0 Å². The van der Waals surface area contributed by atoms with Crippen LogP contribution in [0.15, 0.2) is 54.6 Å². The molecule has 2 amide bonds. The van der Waals surface area contributed by atoms with Gasteiger partial charge in [-0.15, -0.1) is 0 Å². The van der Waals surface area contributed by atoms with E-state index in [1.54, 1.807) is 0 Å². The third-order valence-corrected chi connectivity index (χ3v) is 4.84. The number of ether oxygens (including phenoxy) is 1. The van der Waals surface area contributed by atoms with Gasteiger partial charge in [0.05, 0.1) is 6.61 Å². The molecule has 142 valence electrons. The van der Waals surface area contributed by atoms with Crippen molar-refractivity contribution >= 4 is 17.7 Å². The first-order chi connectivity index (χ1) is 13.1. The van der Waals surface area contributed by atoms with E-state index in [4.69, 9.17) is 4.74 Å². The maximum absolute atomic E-state index is 12.6. The molecule has 1 unspecified atom stereocenters. The van der Waals surface area contributed by atoms with Crippen LogP contribution in [0.2, 0.25) is 0 Å². The molecule has 1 saturated heterocycles. The molecule has 1 atom stereocenters. The fourth-order valence-corrected chi connectivity index (χ4v) is 3.44. The predicted octanol–water partition coefficient (Wildman–Crippen LogP) is 4.20. The molecule has 1 fully saturated rings. The van der Waals surface area contributed by atoms with Crippen LogP contribution in [0.25, 0.3) is 0 Å². The molecular weight excluding hydrogens is 340 g/mol. The molecule has 1 N–H and O–H groups in total. The average molecular weight is 366 g/mol. The van der Waals surface area contributed by atoms with E-state index >= 15 is 0 Å². The molecule has 0 saturated carbocycles. The van der Waals surface area contributed by atoms with Gasteiger partial charge in [0.25, 0.3) is 0 Å². The first kappa shape index (κ1) is 19.0. The van der Waals surface area contributed by atoms with Gasteiger partial charge < -0.3 is 15.0 Å². The van der Waals surface area contributed by atoms with Gasteiger partial charge in [-0.05, 0) is 42.5 Å². The number of carbonyl (C=O) groups excluding carboxylic acids is 2. The Labute approximate surface area is 160 Å². The molecule has 0 radical (unpaired) electrons. The van der Waals surface area contributed by atoms with E-state index in [2.05, 4.69) is 17.4 Å². The first-order valence-electron chi connectivity index (χ1n) is 9.45. The molecule has 0 spiro atoms. The molecule has 5 nitrogen and oxygen atoms in total. The van der Waals surface area contributed by atoms with Crippen molar-refractivity contribution in [2.24, 2.45) is 0 Å². The first-order valence-corrected chi connectivity index (χ1v) is 9.45. The summed E-state index contributed by atoms with van der Waals surface area (Å²) in [7, 11) is 0. The second-order valence-electron chi connectivity index (χ2n) is 6.92. The van der Waals surface area contributed by atoms with Gasteiger partial charge in [-0.25, -0.2) is 4.79 Å². The largest absolute Gasteiger partial charge is 0.466 e. The molecule has 27 heavy (non-hydrogen) atoms. The highest BCUT2D eigenvalue weighted by molar-refractivity contribution is 5.89. The second kappa shape index (κ2) is 9.21. The van der Waals surface area contributed by atoms with Crippen molar-refractivity contribution in [1.29, 1.82) is 0 Å². The van der Waals surface area contributed by atoms with Gasteiger partial charge in [-0.3, -0.25) is 4.79 Å². The Morgan fingerprint density at radius 2 is 1.96 bits per heavy atom. The van der Waals surface area contributed by atoms with Crippen LogP contribution in [0.1, 0.15) is 36.8 Å². The monoisotopic (exact) mass is 366 g/mol. The van der Waals surface area contributed by atoms with E-state index < -0.39 is 0 Å². The van der Waals surface area contributed by atoms with Crippen molar-refractivity contribution in [2.75, 3.05) is 25.0 Å². The van der Waals surface area contributed by atoms with Gasteiger partial charge in [0.2, 0.25) is 0 Å². The third-order valence-electron chi connectivity index (χ3n) is 4.84. The highest BCUT2D eigenvalue weighted by atomic mass is 16.5. The number of hydrogen-bond acceptors (Lipinski definition) is 3. The van der Waals surface area contributed by atoms with Crippen molar-refractivity contribution < 1.29 is 14.3 Å². The van der Waals surface area contributed by atoms with E-state index in [1.165, 1.54) is 12.5 Å². The van der Waals surface area contributed by atoms with Crippen LogP contribution in [-0.2, 0) is 16.0 Å². The third kappa shape index (κ3) is 5.58. The Kier molecular flexibility index (Phi) is 6.47. The quantitative estimate of drug-likeness (QED) is 0.616. The summed E-state index contributed by atoms with van der Waals surface area (Å²) >= 11 is 0. The van der Waals surface area contributed by atoms with Gasteiger partial charge in [0.15, 0.2) is 0 Å². The Balaban J connectivity index is 1.51. The lowest BCUT2D eigenvalue weighted by atomic mass is 9.99. The number of esters is 1. The number of urea groups is 1. The van der Waals surface area contributed by atoms with E-state index in [9.17, 15) is 9.59 Å². The Morgan fingerprint density at radius 3 is 2.74 bits per heavy atom. The minimum Gasteiger partial charge on any atom is -0.466 e. The van der Waals surface area contributed by atoms with Gasteiger partial charge in [-0.1, -0.05) is 42.5 Å². The normalized spacial score (nSPS) is 16.2. The lowest BCUT2D eigenvalue weighted by Gasteiger charge is -2.18. The zero-order chi connectivity index (χ0) is 19.1. The highest BCUT2D eigenvalue weighted by Crippen LogP contribution is 2.27. The lowest BCUT2D eigenvalue weighted by molar-refractivity contribution is -0.141. The van der Waals surface area contributed by atoms with Crippen LogP contribution >= 0.6 is 0 Å². The summed E-state index contributed by atoms with van der Waals surface area (Å²) in [5.74, 6) is 0.153. The number of amides is 2. The zero-order valence-electron chi connectivity index (χ0n) is 15.7. The standard InChI is InChI=1S/C22H26N2O3/c1-17(25)27-14-6-8-18-7-5-11-21(15-18)23-22(26)24-13-12-20(16-24)19-9-3-2-4-10-19/h2-5,7,9-11,15,20H,6,8,12-14,16H2,1H3,(H,23,26). The summed E-state index contributed by atoms with van der Waals surface area (Å²) in [6.07, 6.45) is 2.56. The summed E-state index contributed by atoms with van der Waals surface area (Å²) in [5.41, 5.74) is 3.21. The Morgan fingerprint density at radius 1 is 1.15 bits per heavy atom. The van der Waals surface area contributed by atoms with Gasteiger partial charge in [-0.2, -0.15) is 0 Å². The summed E-state index contributed by atoms with van der Waals surface area (Å²) in [5, 5.41) is 3.01. The second-order valence-corrected chi connectivity index (χ2v) is 6.92. The average Bonchev–Trinajstić information content (AvgIpc) is 3.17. The van der Waals surface area contributed by atoms with E-state index in [-0.39, 0.29) is 12.0 Å². The van der Waals surface area contributed by atoms with Crippen molar-refractivity contribution in [1.82, 2.24) is 4.90 Å². The molecule has 2 aromatic rings. The molecule has 1 aliphatic heterocycles. The van der Waals surface area contributed by atoms with E-state index in [0.717, 1.165) is 43.6 Å². The number of nitrogens with zero attached hydrogens (tertiary/aromatic N) is 1. The molecule has 2 aromatic carbocycles.